The Kier molecular flexibility index (Phi) is 8.56. The van der Waals surface area contributed by atoms with Crippen molar-refractivity contribution in [3.05, 3.63) is 85.5 Å². The van der Waals surface area contributed by atoms with Crippen molar-refractivity contribution in [2.75, 3.05) is 23.9 Å². The highest BCUT2D eigenvalue weighted by atomic mass is 127. The number of hydrogen-bond donors (Lipinski definition) is 2. The number of nitrogens with one attached hydrogen (secondary N) is 2. The summed E-state index contributed by atoms with van der Waals surface area (Å²) in [6.45, 7) is 3.69. The number of ether oxygens (including phenoxy) is 2. The molecular weight excluding hydrogens is 637 g/mol. The van der Waals surface area contributed by atoms with Gasteiger partial charge < -0.3 is 14.8 Å². The lowest BCUT2D eigenvalue weighted by molar-refractivity contribution is -0.122. The van der Waals surface area contributed by atoms with E-state index in [2.05, 4.69) is 10.6 Å². The van der Waals surface area contributed by atoms with Gasteiger partial charge in [0.15, 0.2) is 18.1 Å². The van der Waals surface area contributed by atoms with E-state index < -0.39 is 17.8 Å². The summed E-state index contributed by atoms with van der Waals surface area (Å²) in [4.78, 5) is 51.5. The molecule has 0 aromatic heterocycles. The third kappa shape index (κ3) is 6.40. The molecule has 0 saturated carbocycles. The van der Waals surface area contributed by atoms with Gasteiger partial charge in [-0.05, 0) is 108 Å². The molecule has 11 heteroatoms. The number of hydrogen-bond acceptors (Lipinski definition) is 6. The Balaban J connectivity index is 1.54. The third-order valence-electron chi connectivity index (χ3n) is 5.89. The molecule has 1 fully saturated rings. The predicted molar refractivity (Wildman–Crippen MR) is 156 cm³/mol. The Morgan fingerprint density at radius 3 is 2.44 bits per heavy atom. The van der Waals surface area contributed by atoms with Crippen molar-refractivity contribution in [3.63, 3.8) is 0 Å². The molecule has 3 aromatic rings. The van der Waals surface area contributed by atoms with Gasteiger partial charge >= 0.3 is 6.03 Å². The fraction of sp³-hybridized carbons (Fsp3) is 0.143. The Labute approximate surface area is 243 Å². The zero-order valence-electron chi connectivity index (χ0n) is 21.1. The normalized spacial score (nSPS) is 14.3. The highest BCUT2D eigenvalue weighted by Gasteiger charge is 2.36. The van der Waals surface area contributed by atoms with Gasteiger partial charge in [0, 0.05) is 10.7 Å². The lowest BCUT2D eigenvalue weighted by atomic mass is 10.1. The molecule has 9 nitrogen and oxygen atoms in total. The maximum atomic E-state index is 13.2. The Morgan fingerprint density at radius 1 is 1.05 bits per heavy atom. The SMILES string of the molecule is COc1cc(/C=C2/C(=O)NC(=O)N(c3ccc(Cl)cc3)C2=O)cc(I)c1OCC(=O)Nc1ccc(C)c(C)c1. The standard InChI is InChI=1S/C28H23ClIN3O6/c1-15-4-7-19(10-16(15)2)31-24(34)14-39-25-22(30)12-17(13-23(25)38-3)11-21-26(35)32-28(37)33(27(21)36)20-8-5-18(29)6-9-20/h4-13H,14H2,1-3H3,(H,31,34)(H,32,35,37)/b21-11-. The highest BCUT2D eigenvalue weighted by Crippen LogP contribution is 2.35. The van der Waals surface area contributed by atoms with Crippen molar-refractivity contribution >= 4 is 75.4 Å². The number of aryl methyl sites for hydroxylation is 2. The van der Waals surface area contributed by atoms with Crippen LogP contribution in [0.15, 0.2) is 60.2 Å². The number of nitrogens with zero attached hydrogens (tertiary/aromatic N) is 1. The summed E-state index contributed by atoms with van der Waals surface area (Å²) in [6.07, 6.45) is 1.36. The maximum Gasteiger partial charge on any atom is 0.335 e. The van der Waals surface area contributed by atoms with Crippen LogP contribution in [-0.4, -0.2) is 37.5 Å². The van der Waals surface area contributed by atoms with Gasteiger partial charge in [0.1, 0.15) is 5.57 Å². The van der Waals surface area contributed by atoms with Gasteiger partial charge in [-0.25, -0.2) is 9.69 Å². The monoisotopic (exact) mass is 659 g/mol. The van der Waals surface area contributed by atoms with E-state index in [0.29, 0.717) is 31.3 Å². The molecule has 0 atom stereocenters. The van der Waals surface area contributed by atoms with Crippen LogP contribution in [0.2, 0.25) is 5.02 Å². The van der Waals surface area contributed by atoms with Crippen LogP contribution in [0, 0.1) is 17.4 Å². The molecule has 0 radical (unpaired) electrons. The zero-order valence-corrected chi connectivity index (χ0v) is 24.0. The first kappa shape index (κ1) is 28.1. The van der Waals surface area contributed by atoms with Crippen LogP contribution in [0.25, 0.3) is 6.08 Å². The van der Waals surface area contributed by atoms with Gasteiger partial charge in [-0.15, -0.1) is 0 Å². The Morgan fingerprint density at radius 2 is 1.77 bits per heavy atom. The van der Waals surface area contributed by atoms with Gasteiger partial charge in [0.05, 0.1) is 16.4 Å². The van der Waals surface area contributed by atoms with E-state index in [9.17, 15) is 19.2 Å². The summed E-state index contributed by atoms with van der Waals surface area (Å²) in [5.74, 6) is -1.34. The minimum atomic E-state index is -0.862. The molecule has 0 bridgehead atoms. The first-order valence-corrected chi connectivity index (χ1v) is 13.1. The molecule has 0 spiro atoms. The Hall–Kier alpha value is -3.90. The minimum absolute atomic E-state index is 0.246. The van der Waals surface area contributed by atoms with Crippen LogP contribution >= 0.6 is 34.2 Å². The predicted octanol–water partition coefficient (Wildman–Crippen LogP) is 5.25. The minimum Gasteiger partial charge on any atom is -0.493 e. The summed E-state index contributed by atoms with van der Waals surface area (Å²) in [7, 11) is 1.43. The van der Waals surface area contributed by atoms with Crippen molar-refractivity contribution in [1.29, 1.82) is 0 Å². The van der Waals surface area contributed by atoms with Gasteiger partial charge in [-0.2, -0.15) is 0 Å². The van der Waals surface area contributed by atoms with Crippen molar-refractivity contribution in [1.82, 2.24) is 5.32 Å². The van der Waals surface area contributed by atoms with E-state index >= 15 is 0 Å². The van der Waals surface area contributed by atoms with Gasteiger partial charge in [-0.1, -0.05) is 17.7 Å². The number of imide groups is 2. The fourth-order valence-electron chi connectivity index (χ4n) is 3.77. The fourth-order valence-corrected chi connectivity index (χ4v) is 4.67. The molecule has 0 unspecified atom stereocenters. The number of anilines is 2. The molecular formula is C28H23ClIN3O6. The van der Waals surface area contributed by atoms with Crippen LogP contribution in [0.1, 0.15) is 16.7 Å². The second-order valence-corrected chi connectivity index (χ2v) is 10.2. The molecule has 1 heterocycles. The molecule has 39 heavy (non-hydrogen) atoms. The topological polar surface area (TPSA) is 114 Å². The van der Waals surface area contributed by atoms with E-state index in [4.69, 9.17) is 21.1 Å². The smallest absolute Gasteiger partial charge is 0.335 e. The summed E-state index contributed by atoms with van der Waals surface area (Å²) < 4.78 is 11.8. The van der Waals surface area contributed by atoms with E-state index in [0.717, 1.165) is 16.0 Å². The van der Waals surface area contributed by atoms with Crippen molar-refractivity contribution in [3.8, 4) is 11.5 Å². The second kappa shape index (κ2) is 11.9. The lowest BCUT2D eigenvalue weighted by Crippen LogP contribution is -2.54. The quantitative estimate of drug-likeness (QED) is 0.204. The number of barbiturate groups is 1. The van der Waals surface area contributed by atoms with Crippen LogP contribution in [0.5, 0.6) is 11.5 Å². The summed E-state index contributed by atoms with van der Waals surface area (Å²) in [6, 6.07) is 14.1. The van der Waals surface area contributed by atoms with E-state index in [1.807, 2.05) is 54.6 Å². The number of halogens is 2. The number of carbonyl (C=O) groups excluding carboxylic acids is 4. The highest BCUT2D eigenvalue weighted by molar-refractivity contribution is 14.1. The van der Waals surface area contributed by atoms with Gasteiger partial charge in [0.2, 0.25) is 0 Å². The average molecular weight is 660 g/mol. The van der Waals surface area contributed by atoms with Crippen molar-refractivity contribution in [2.24, 2.45) is 0 Å². The number of carbonyl (C=O) groups is 4. The molecule has 1 aliphatic heterocycles. The molecule has 3 aromatic carbocycles. The lowest BCUT2D eigenvalue weighted by Gasteiger charge is -2.26. The molecule has 2 N–H and O–H groups in total. The van der Waals surface area contributed by atoms with Crippen LogP contribution in [0.3, 0.4) is 0 Å². The van der Waals surface area contributed by atoms with E-state index in [1.54, 1.807) is 12.1 Å². The number of benzene rings is 3. The first-order chi connectivity index (χ1) is 18.6. The Bertz CT molecular complexity index is 1520. The molecule has 1 saturated heterocycles. The van der Waals surface area contributed by atoms with Crippen molar-refractivity contribution in [2.45, 2.75) is 13.8 Å². The third-order valence-corrected chi connectivity index (χ3v) is 6.94. The van der Waals surface area contributed by atoms with Gasteiger partial charge in [0.25, 0.3) is 17.7 Å². The average Bonchev–Trinajstić information content (AvgIpc) is 2.88. The number of urea groups is 1. The number of methoxy groups -OCH3 is 1. The summed E-state index contributed by atoms with van der Waals surface area (Å²) in [5.41, 5.74) is 3.30. The molecule has 5 amide bonds. The molecule has 4 rings (SSSR count). The van der Waals surface area contributed by atoms with Crippen molar-refractivity contribution < 1.29 is 28.7 Å². The van der Waals surface area contributed by atoms with Gasteiger partial charge in [-0.3, -0.25) is 19.7 Å². The largest absolute Gasteiger partial charge is 0.493 e. The summed E-state index contributed by atoms with van der Waals surface area (Å²) >= 11 is 7.92. The molecule has 200 valence electrons. The van der Waals surface area contributed by atoms with Crippen LogP contribution in [0.4, 0.5) is 16.2 Å². The first-order valence-electron chi connectivity index (χ1n) is 11.6. The van der Waals surface area contributed by atoms with Crippen LogP contribution < -0.4 is 25.0 Å². The van der Waals surface area contributed by atoms with E-state index in [-0.39, 0.29) is 23.8 Å². The molecule has 0 aliphatic carbocycles. The number of amides is 5. The van der Waals surface area contributed by atoms with E-state index in [1.165, 1.54) is 37.5 Å². The number of rotatable bonds is 7. The zero-order chi connectivity index (χ0) is 28.3. The van der Waals surface area contributed by atoms with Crippen LogP contribution in [-0.2, 0) is 14.4 Å². The molecule has 1 aliphatic rings. The maximum absolute atomic E-state index is 13.2. The summed E-state index contributed by atoms with van der Waals surface area (Å²) in [5, 5.41) is 5.41. The second-order valence-electron chi connectivity index (χ2n) is 8.60.